The number of hydrogen-bond acceptors (Lipinski definition) is 5. The van der Waals surface area contributed by atoms with E-state index in [2.05, 4.69) is 20.6 Å². The molecule has 0 fully saturated rings. The van der Waals surface area contributed by atoms with Gasteiger partial charge in [0.1, 0.15) is 17.4 Å². The molecule has 0 atom stereocenters. The minimum Gasteiger partial charge on any atom is -0.495 e. The number of benzene rings is 2. The van der Waals surface area contributed by atoms with Crippen molar-refractivity contribution in [2.45, 2.75) is 6.92 Å². The summed E-state index contributed by atoms with van der Waals surface area (Å²) in [4.78, 5) is 8.57. The molecule has 2 N–H and O–H groups in total. The lowest BCUT2D eigenvalue weighted by molar-refractivity contribution is 0.416. The summed E-state index contributed by atoms with van der Waals surface area (Å²) in [5, 5.41) is 6.76. The van der Waals surface area contributed by atoms with Crippen molar-refractivity contribution in [3.8, 4) is 5.75 Å². The molecule has 1 heterocycles. The van der Waals surface area contributed by atoms with Gasteiger partial charge in [-0.2, -0.15) is 4.98 Å². The molecule has 5 nitrogen and oxygen atoms in total. The molecule has 0 spiro atoms. The Morgan fingerprint density at radius 2 is 1.96 bits per heavy atom. The number of rotatable bonds is 5. The van der Waals surface area contributed by atoms with Gasteiger partial charge < -0.3 is 15.4 Å². The number of nitrogens with zero attached hydrogens (tertiary/aromatic N) is 2. The first-order chi connectivity index (χ1) is 12.0. The molecule has 7 heteroatoms. The zero-order chi connectivity index (χ0) is 17.8. The maximum Gasteiger partial charge on any atom is 0.229 e. The van der Waals surface area contributed by atoms with Gasteiger partial charge in [-0.25, -0.2) is 9.37 Å². The molecule has 0 aliphatic carbocycles. The monoisotopic (exact) mass is 358 g/mol. The first kappa shape index (κ1) is 17.0. The molecule has 0 bridgehead atoms. The third kappa shape index (κ3) is 4.16. The predicted octanol–water partition coefficient (Wildman–Crippen LogP) is 5.07. The Morgan fingerprint density at radius 1 is 1.12 bits per heavy atom. The van der Waals surface area contributed by atoms with Crippen LogP contribution >= 0.6 is 11.6 Å². The topological polar surface area (TPSA) is 59.1 Å². The van der Waals surface area contributed by atoms with Crippen LogP contribution in [0.4, 0.5) is 27.5 Å². The van der Waals surface area contributed by atoms with Gasteiger partial charge in [0, 0.05) is 23.0 Å². The summed E-state index contributed by atoms with van der Waals surface area (Å²) >= 11 is 6.12. The third-order valence-corrected chi connectivity index (χ3v) is 3.89. The summed E-state index contributed by atoms with van der Waals surface area (Å²) in [5.41, 5.74) is 2.20. The van der Waals surface area contributed by atoms with E-state index in [9.17, 15) is 4.39 Å². The molecule has 0 unspecified atom stereocenters. The first-order valence-corrected chi connectivity index (χ1v) is 7.90. The molecule has 0 aliphatic rings. The zero-order valence-corrected chi connectivity index (χ0v) is 14.4. The zero-order valence-electron chi connectivity index (χ0n) is 13.7. The summed E-state index contributed by atoms with van der Waals surface area (Å²) < 4.78 is 18.6. The van der Waals surface area contributed by atoms with Crippen molar-refractivity contribution in [1.82, 2.24) is 9.97 Å². The standard InChI is InChI=1S/C18H16ClFN4O/c1-11-8-15(16(25-2)10-14(11)19)23-18-21-7-6-17(24-18)22-13-5-3-4-12(20)9-13/h3-10H,1-2H3,(H2,21,22,23,24). The molecule has 0 amide bonds. The van der Waals surface area contributed by atoms with E-state index in [-0.39, 0.29) is 5.82 Å². The Hall–Kier alpha value is -2.86. The molecular weight excluding hydrogens is 343 g/mol. The molecule has 0 saturated carbocycles. The maximum atomic E-state index is 13.3. The van der Waals surface area contributed by atoms with Crippen molar-refractivity contribution in [2.24, 2.45) is 0 Å². The third-order valence-electron chi connectivity index (χ3n) is 3.48. The number of aryl methyl sites for hydroxylation is 1. The van der Waals surface area contributed by atoms with Gasteiger partial charge in [0.15, 0.2) is 0 Å². The number of methoxy groups -OCH3 is 1. The summed E-state index contributed by atoms with van der Waals surface area (Å²) in [5.74, 6) is 1.18. The normalized spacial score (nSPS) is 10.4. The lowest BCUT2D eigenvalue weighted by Crippen LogP contribution is -2.02. The van der Waals surface area contributed by atoms with Crippen LogP contribution < -0.4 is 15.4 Å². The first-order valence-electron chi connectivity index (χ1n) is 7.52. The summed E-state index contributed by atoms with van der Waals surface area (Å²) in [6.45, 7) is 1.90. The van der Waals surface area contributed by atoms with Gasteiger partial charge in [0.05, 0.1) is 12.8 Å². The smallest absolute Gasteiger partial charge is 0.229 e. The van der Waals surface area contributed by atoms with Crippen molar-refractivity contribution in [1.29, 1.82) is 0 Å². The van der Waals surface area contributed by atoms with E-state index in [1.54, 1.807) is 37.6 Å². The van der Waals surface area contributed by atoms with E-state index in [1.165, 1.54) is 12.1 Å². The van der Waals surface area contributed by atoms with E-state index in [4.69, 9.17) is 16.3 Å². The molecule has 3 aromatic rings. The van der Waals surface area contributed by atoms with Crippen LogP contribution in [0.3, 0.4) is 0 Å². The molecule has 0 saturated heterocycles. The van der Waals surface area contributed by atoms with E-state index in [1.807, 2.05) is 13.0 Å². The molecule has 1 aromatic heterocycles. The van der Waals surface area contributed by atoms with Crippen LogP contribution in [0.1, 0.15) is 5.56 Å². The summed E-state index contributed by atoms with van der Waals surface area (Å²) in [6.07, 6.45) is 1.60. The molecule has 0 aliphatic heterocycles. The number of aromatic nitrogens is 2. The van der Waals surface area contributed by atoms with Gasteiger partial charge in [-0.1, -0.05) is 17.7 Å². The van der Waals surface area contributed by atoms with Gasteiger partial charge in [-0.05, 0) is 42.8 Å². The second-order valence-corrected chi connectivity index (χ2v) is 5.73. The van der Waals surface area contributed by atoms with E-state index in [0.29, 0.717) is 33.9 Å². The molecular formula is C18H16ClFN4O. The molecule has 2 aromatic carbocycles. The average Bonchev–Trinajstić information content (AvgIpc) is 2.58. The van der Waals surface area contributed by atoms with Gasteiger partial charge in [0.2, 0.25) is 5.95 Å². The van der Waals surface area contributed by atoms with Gasteiger partial charge >= 0.3 is 0 Å². The number of anilines is 4. The van der Waals surface area contributed by atoms with Crippen LogP contribution in [0.25, 0.3) is 0 Å². The van der Waals surface area contributed by atoms with Crippen molar-refractivity contribution < 1.29 is 9.13 Å². The minimum atomic E-state index is -0.321. The molecule has 3 rings (SSSR count). The Labute approximate surface area is 149 Å². The fourth-order valence-electron chi connectivity index (χ4n) is 2.25. The van der Waals surface area contributed by atoms with Gasteiger partial charge in [-0.15, -0.1) is 0 Å². The lowest BCUT2D eigenvalue weighted by Gasteiger charge is -2.13. The van der Waals surface area contributed by atoms with Crippen LogP contribution in [0.2, 0.25) is 5.02 Å². The fourth-order valence-corrected chi connectivity index (χ4v) is 2.41. The highest BCUT2D eigenvalue weighted by Crippen LogP contribution is 2.32. The number of ether oxygens (including phenoxy) is 1. The average molecular weight is 359 g/mol. The Morgan fingerprint density at radius 3 is 2.72 bits per heavy atom. The number of hydrogen-bond donors (Lipinski definition) is 2. The van der Waals surface area contributed by atoms with Crippen LogP contribution in [-0.4, -0.2) is 17.1 Å². The minimum absolute atomic E-state index is 0.321. The van der Waals surface area contributed by atoms with Crippen LogP contribution in [-0.2, 0) is 0 Å². The second kappa shape index (κ2) is 7.36. The quantitative estimate of drug-likeness (QED) is 0.666. The van der Waals surface area contributed by atoms with Crippen LogP contribution in [0.15, 0.2) is 48.7 Å². The van der Waals surface area contributed by atoms with E-state index >= 15 is 0 Å². The van der Waals surface area contributed by atoms with Crippen molar-refractivity contribution in [3.63, 3.8) is 0 Å². The SMILES string of the molecule is COc1cc(Cl)c(C)cc1Nc1nccc(Nc2cccc(F)c2)n1. The summed E-state index contributed by atoms with van der Waals surface area (Å²) in [6, 6.07) is 11.4. The summed E-state index contributed by atoms with van der Waals surface area (Å²) in [7, 11) is 1.56. The predicted molar refractivity (Wildman–Crippen MR) is 97.7 cm³/mol. The molecule has 25 heavy (non-hydrogen) atoms. The van der Waals surface area contributed by atoms with Crippen molar-refractivity contribution in [2.75, 3.05) is 17.7 Å². The number of halogens is 2. The van der Waals surface area contributed by atoms with Gasteiger partial charge in [-0.3, -0.25) is 0 Å². The fraction of sp³-hybridized carbons (Fsp3) is 0.111. The largest absolute Gasteiger partial charge is 0.495 e. The molecule has 0 radical (unpaired) electrons. The maximum absolute atomic E-state index is 13.3. The second-order valence-electron chi connectivity index (χ2n) is 5.33. The van der Waals surface area contributed by atoms with E-state index < -0.39 is 0 Å². The van der Waals surface area contributed by atoms with E-state index in [0.717, 1.165) is 5.56 Å². The highest BCUT2D eigenvalue weighted by Gasteiger charge is 2.09. The highest BCUT2D eigenvalue weighted by atomic mass is 35.5. The Kier molecular flexibility index (Phi) is 5.00. The Balaban J connectivity index is 1.84. The van der Waals surface area contributed by atoms with Crippen molar-refractivity contribution >= 4 is 34.7 Å². The highest BCUT2D eigenvalue weighted by molar-refractivity contribution is 6.31. The van der Waals surface area contributed by atoms with Crippen molar-refractivity contribution in [3.05, 3.63) is 65.1 Å². The van der Waals surface area contributed by atoms with Gasteiger partial charge in [0.25, 0.3) is 0 Å². The Bertz CT molecular complexity index is 904. The lowest BCUT2D eigenvalue weighted by atomic mass is 10.2. The van der Waals surface area contributed by atoms with Crippen LogP contribution in [0.5, 0.6) is 5.75 Å². The van der Waals surface area contributed by atoms with Crippen LogP contribution in [0, 0.1) is 12.7 Å². The molecule has 128 valence electrons. The number of nitrogens with one attached hydrogen (secondary N) is 2.